The van der Waals surface area contributed by atoms with Crippen molar-refractivity contribution in [1.29, 1.82) is 0 Å². The minimum Gasteiger partial charge on any atom is -0.481 e. The third-order valence-corrected chi connectivity index (χ3v) is 5.83. The SMILES string of the molecule is Cc1ccc(S(=O)(=O)OC[C@@H]2CC[C@H](C(=O)OC(C)(C)C)[C@H]2C(=O)O)cc1. The van der Waals surface area contributed by atoms with Crippen LogP contribution in [0.5, 0.6) is 0 Å². The minimum atomic E-state index is -3.99. The first-order valence-corrected chi connectivity index (χ1v) is 10.2. The van der Waals surface area contributed by atoms with Crippen LogP contribution in [0.15, 0.2) is 29.2 Å². The van der Waals surface area contributed by atoms with Gasteiger partial charge in [0.15, 0.2) is 0 Å². The molecule has 1 N–H and O–H groups in total. The van der Waals surface area contributed by atoms with E-state index in [-0.39, 0.29) is 11.5 Å². The molecule has 7 nitrogen and oxygen atoms in total. The molecule has 1 aromatic rings. The maximum atomic E-state index is 12.3. The first kappa shape index (κ1) is 21.4. The van der Waals surface area contributed by atoms with Gasteiger partial charge < -0.3 is 9.84 Å². The number of aryl methyl sites for hydroxylation is 1. The second-order valence-corrected chi connectivity index (χ2v) is 9.51. The molecule has 2 rings (SSSR count). The van der Waals surface area contributed by atoms with Crippen LogP contribution in [-0.2, 0) is 28.6 Å². The Morgan fingerprint density at radius 3 is 2.26 bits per heavy atom. The highest BCUT2D eigenvalue weighted by Crippen LogP contribution is 2.39. The Hall–Kier alpha value is -1.93. The van der Waals surface area contributed by atoms with Crippen LogP contribution >= 0.6 is 0 Å². The van der Waals surface area contributed by atoms with Crippen LogP contribution in [0.2, 0.25) is 0 Å². The van der Waals surface area contributed by atoms with Crippen molar-refractivity contribution in [2.75, 3.05) is 6.61 Å². The lowest BCUT2D eigenvalue weighted by atomic mass is 9.90. The maximum Gasteiger partial charge on any atom is 0.310 e. The van der Waals surface area contributed by atoms with Crippen molar-refractivity contribution in [2.45, 2.75) is 51.0 Å². The summed E-state index contributed by atoms with van der Waals surface area (Å²) in [4.78, 5) is 24.1. The van der Waals surface area contributed by atoms with E-state index in [1.807, 2.05) is 6.92 Å². The molecule has 0 bridgehead atoms. The molecule has 0 aliphatic heterocycles. The van der Waals surface area contributed by atoms with Crippen molar-refractivity contribution < 1.29 is 32.0 Å². The molecule has 1 aliphatic rings. The molecule has 1 aromatic carbocycles. The lowest BCUT2D eigenvalue weighted by molar-refractivity contribution is -0.166. The number of carbonyl (C=O) groups excluding carboxylic acids is 1. The molecule has 0 unspecified atom stereocenters. The summed E-state index contributed by atoms with van der Waals surface area (Å²) >= 11 is 0. The van der Waals surface area contributed by atoms with E-state index in [1.165, 1.54) is 12.1 Å². The Morgan fingerprint density at radius 2 is 1.74 bits per heavy atom. The molecule has 1 fully saturated rings. The van der Waals surface area contributed by atoms with Crippen molar-refractivity contribution in [3.63, 3.8) is 0 Å². The summed E-state index contributed by atoms with van der Waals surface area (Å²) in [7, 11) is -3.99. The van der Waals surface area contributed by atoms with Gasteiger partial charge in [-0.1, -0.05) is 17.7 Å². The molecule has 1 aliphatic carbocycles. The van der Waals surface area contributed by atoms with E-state index < -0.39 is 45.4 Å². The quantitative estimate of drug-likeness (QED) is 0.580. The van der Waals surface area contributed by atoms with E-state index in [9.17, 15) is 23.1 Å². The molecule has 27 heavy (non-hydrogen) atoms. The average Bonchev–Trinajstić information content (AvgIpc) is 2.96. The number of esters is 1. The molecule has 0 saturated heterocycles. The number of carboxylic acid groups (broad SMARTS) is 1. The summed E-state index contributed by atoms with van der Waals surface area (Å²) in [5.74, 6) is -4.14. The van der Waals surface area contributed by atoms with Crippen LogP contribution in [0.4, 0.5) is 0 Å². The van der Waals surface area contributed by atoms with Gasteiger partial charge in [0.25, 0.3) is 10.1 Å². The Morgan fingerprint density at radius 1 is 1.15 bits per heavy atom. The van der Waals surface area contributed by atoms with Crippen LogP contribution in [0.3, 0.4) is 0 Å². The average molecular weight is 398 g/mol. The highest BCUT2D eigenvalue weighted by atomic mass is 32.2. The van der Waals surface area contributed by atoms with Gasteiger partial charge in [-0.15, -0.1) is 0 Å². The molecule has 0 aromatic heterocycles. The number of carboxylic acids is 1. The molecule has 0 radical (unpaired) electrons. The van der Waals surface area contributed by atoms with Crippen LogP contribution in [-0.4, -0.2) is 37.7 Å². The van der Waals surface area contributed by atoms with Gasteiger partial charge in [-0.3, -0.25) is 13.8 Å². The van der Waals surface area contributed by atoms with Crippen LogP contribution in [0, 0.1) is 24.7 Å². The molecule has 0 heterocycles. The van der Waals surface area contributed by atoms with E-state index in [4.69, 9.17) is 8.92 Å². The monoisotopic (exact) mass is 398 g/mol. The Labute approximate surface area is 159 Å². The lowest BCUT2D eigenvalue weighted by Crippen LogP contribution is -2.35. The van der Waals surface area contributed by atoms with E-state index in [0.717, 1.165) is 5.56 Å². The van der Waals surface area contributed by atoms with Gasteiger partial charge in [0, 0.05) is 0 Å². The normalized spacial score (nSPS) is 23.2. The fraction of sp³-hybridized carbons (Fsp3) is 0.579. The van der Waals surface area contributed by atoms with Crippen molar-refractivity contribution in [3.8, 4) is 0 Å². The lowest BCUT2D eigenvalue weighted by Gasteiger charge is -2.25. The standard InChI is InChI=1S/C19H26O7S/c1-12-5-8-14(9-6-12)27(23,24)25-11-13-7-10-15(16(13)17(20)21)18(22)26-19(2,3)4/h5-6,8-9,13,15-16H,7,10-11H2,1-4H3,(H,20,21)/t13-,15-,16-/m0/s1. The molecular weight excluding hydrogens is 372 g/mol. The highest BCUT2D eigenvalue weighted by molar-refractivity contribution is 7.86. The summed E-state index contributed by atoms with van der Waals surface area (Å²) in [6, 6.07) is 6.20. The largest absolute Gasteiger partial charge is 0.481 e. The predicted octanol–water partition coefficient (Wildman–Crippen LogP) is 2.77. The molecule has 8 heteroatoms. The van der Waals surface area contributed by atoms with Gasteiger partial charge in [0.05, 0.1) is 23.3 Å². The first-order chi connectivity index (χ1) is 12.4. The second-order valence-electron chi connectivity index (χ2n) is 7.89. The molecule has 0 amide bonds. The highest BCUT2D eigenvalue weighted by Gasteiger charge is 2.46. The Bertz CT molecular complexity index is 790. The van der Waals surface area contributed by atoms with Crippen molar-refractivity contribution in [2.24, 2.45) is 17.8 Å². The van der Waals surface area contributed by atoms with E-state index in [0.29, 0.717) is 12.8 Å². The Kier molecular flexibility index (Phi) is 6.32. The summed E-state index contributed by atoms with van der Waals surface area (Å²) < 4.78 is 35.1. The fourth-order valence-corrected chi connectivity index (χ4v) is 4.19. The third kappa shape index (κ3) is 5.52. The zero-order chi connectivity index (χ0) is 20.4. The summed E-state index contributed by atoms with van der Waals surface area (Å²) in [5.41, 5.74) is 0.194. The number of rotatable bonds is 6. The van der Waals surface area contributed by atoms with Crippen molar-refractivity contribution >= 4 is 22.1 Å². The summed E-state index contributed by atoms with van der Waals surface area (Å²) in [6.07, 6.45) is 0.703. The van der Waals surface area contributed by atoms with Crippen LogP contribution in [0.1, 0.15) is 39.2 Å². The number of aliphatic carboxylic acids is 1. The number of ether oxygens (including phenoxy) is 1. The summed E-state index contributed by atoms with van der Waals surface area (Å²) in [6.45, 7) is 6.69. The third-order valence-electron chi connectivity index (χ3n) is 4.53. The van der Waals surface area contributed by atoms with Gasteiger partial charge in [0.1, 0.15) is 5.60 Å². The zero-order valence-electron chi connectivity index (χ0n) is 16.0. The molecule has 1 saturated carbocycles. The van der Waals surface area contributed by atoms with Gasteiger partial charge >= 0.3 is 11.9 Å². The molecule has 150 valence electrons. The minimum absolute atomic E-state index is 0.0154. The number of carbonyl (C=O) groups is 2. The molecular formula is C19H26O7S. The van der Waals surface area contributed by atoms with Gasteiger partial charge in [-0.2, -0.15) is 8.42 Å². The van der Waals surface area contributed by atoms with Gasteiger partial charge in [-0.05, 0) is 58.6 Å². The Balaban J connectivity index is 2.08. The predicted molar refractivity (Wildman–Crippen MR) is 97.5 cm³/mol. The second kappa shape index (κ2) is 7.98. The van der Waals surface area contributed by atoms with Crippen molar-refractivity contribution in [1.82, 2.24) is 0 Å². The van der Waals surface area contributed by atoms with Crippen molar-refractivity contribution in [3.05, 3.63) is 29.8 Å². The smallest absolute Gasteiger partial charge is 0.310 e. The number of hydrogen-bond acceptors (Lipinski definition) is 6. The summed E-state index contributed by atoms with van der Waals surface area (Å²) in [5, 5.41) is 9.57. The van der Waals surface area contributed by atoms with Gasteiger partial charge in [-0.25, -0.2) is 0 Å². The van der Waals surface area contributed by atoms with Crippen LogP contribution in [0.25, 0.3) is 0 Å². The maximum absolute atomic E-state index is 12.3. The van der Waals surface area contributed by atoms with E-state index >= 15 is 0 Å². The van der Waals surface area contributed by atoms with E-state index in [1.54, 1.807) is 32.9 Å². The number of benzene rings is 1. The first-order valence-electron chi connectivity index (χ1n) is 8.82. The topological polar surface area (TPSA) is 107 Å². The van der Waals surface area contributed by atoms with Gasteiger partial charge in [0.2, 0.25) is 0 Å². The molecule has 3 atom stereocenters. The fourth-order valence-electron chi connectivity index (χ4n) is 3.23. The molecule has 0 spiro atoms. The van der Waals surface area contributed by atoms with E-state index in [2.05, 4.69) is 0 Å². The van der Waals surface area contributed by atoms with Crippen LogP contribution < -0.4 is 0 Å². The zero-order valence-corrected chi connectivity index (χ0v) is 16.8. The number of hydrogen-bond donors (Lipinski definition) is 1.